The van der Waals surface area contributed by atoms with Gasteiger partial charge in [-0.2, -0.15) is 8.42 Å². The van der Waals surface area contributed by atoms with Crippen molar-refractivity contribution in [2.75, 3.05) is 13.2 Å². The number of amides is 1. The molecule has 204 valence electrons. The van der Waals surface area contributed by atoms with Crippen LogP contribution in [0, 0.1) is 0 Å². The van der Waals surface area contributed by atoms with Crippen molar-refractivity contribution in [1.82, 2.24) is 5.32 Å². The Labute approximate surface area is 222 Å². The van der Waals surface area contributed by atoms with E-state index in [1.165, 1.54) is 0 Å². The molecule has 2 atom stereocenters. The number of carbonyl (C=O) groups excluding carboxylic acids is 1. The monoisotopic (exact) mass is 531 g/mol. The normalized spacial score (nSPS) is 16.8. The van der Waals surface area contributed by atoms with E-state index in [-0.39, 0.29) is 48.2 Å². The lowest BCUT2D eigenvalue weighted by molar-refractivity contribution is -0.151. The van der Waals surface area contributed by atoms with Gasteiger partial charge in [-0.15, -0.1) is 0 Å². The quantitative estimate of drug-likeness (QED) is 0.252. The molecular formula is C29H41NO6S. The predicted octanol–water partition coefficient (Wildman–Crippen LogP) is 5.60. The summed E-state index contributed by atoms with van der Waals surface area (Å²) in [5.74, 6) is 0.261. The zero-order valence-corrected chi connectivity index (χ0v) is 23.6. The van der Waals surface area contributed by atoms with Gasteiger partial charge in [0.2, 0.25) is 5.91 Å². The fourth-order valence-corrected chi connectivity index (χ4v) is 5.84. The molecule has 1 heterocycles. The molecule has 0 aliphatic carbocycles. The van der Waals surface area contributed by atoms with Crippen molar-refractivity contribution >= 4 is 16.0 Å². The Balaban J connectivity index is 1.72. The second-order valence-corrected chi connectivity index (χ2v) is 12.1. The number of nitrogens with one attached hydrogen (secondary N) is 1. The van der Waals surface area contributed by atoms with Crippen LogP contribution in [0.25, 0.3) is 0 Å². The molecule has 2 aromatic rings. The van der Waals surface area contributed by atoms with Crippen LogP contribution in [0.1, 0.15) is 94.4 Å². The maximum Gasteiger partial charge on any atom is 0.297 e. The molecule has 8 heteroatoms. The summed E-state index contributed by atoms with van der Waals surface area (Å²) in [4.78, 5) is 11.6. The van der Waals surface area contributed by atoms with Gasteiger partial charge in [-0.05, 0) is 40.0 Å². The standard InChI is InChI=1S/C29H41NO6S/c1-19(2)23-14-25(20(3)4)29(26(15-23)21(5)6)37(32,33)35-13-12-24(36-28-16-27(31)30-28)18-34-17-22-10-8-7-9-11-22/h7-11,14-15,19-21,24,28H,12-13,16-18H2,1-6H3,(H,30,31)/t24-,28-/m0/s1. The van der Waals surface area contributed by atoms with Crippen LogP contribution in [-0.2, 0) is 35.2 Å². The van der Waals surface area contributed by atoms with Gasteiger partial charge in [0.1, 0.15) is 11.1 Å². The number of ether oxygens (including phenoxy) is 2. The molecule has 0 spiro atoms. The summed E-state index contributed by atoms with van der Waals surface area (Å²) in [6.45, 7) is 12.8. The molecule has 37 heavy (non-hydrogen) atoms. The molecule has 3 rings (SSSR count). The van der Waals surface area contributed by atoms with Crippen LogP contribution in [0.5, 0.6) is 0 Å². The highest BCUT2D eigenvalue weighted by Gasteiger charge is 2.31. The van der Waals surface area contributed by atoms with E-state index in [4.69, 9.17) is 13.7 Å². The van der Waals surface area contributed by atoms with Crippen molar-refractivity contribution in [2.45, 2.75) is 96.0 Å². The van der Waals surface area contributed by atoms with Gasteiger partial charge >= 0.3 is 0 Å². The van der Waals surface area contributed by atoms with Gasteiger partial charge in [0.05, 0.1) is 32.3 Å². The van der Waals surface area contributed by atoms with E-state index in [1.807, 2.05) is 70.2 Å². The van der Waals surface area contributed by atoms with Crippen LogP contribution < -0.4 is 5.32 Å². The average molecular weight is 532 g/mol. The van der Waals surface area contributed by atoms with Crippen LogP contribution >= 0.6 is 0 Å². The summed E-state index contributed by atoms with van der Waals surface area (Å²) in [6.07, 6.45) is -0.232. The summed E-state index contributed by atoms with van der Waals surface area (Å²) >= 11 is 0. The summed E-state index contributed by atoms with van der Waals surface area (Å²) in [7, 11) is -4.01. The summed E-state index contributed by atoms with van der Waals surface area (Å²) in [5.41, 5.74) is 3.72. The zero-order chi connectivity index (χ0) is 27.2. The van der Waals surface area contributed by atoms with Crippen LogP contribution in [0.3, 0.4) is 0 Å². The molecule has 2 aromatic carbocycles. The maximum absolute atomic E-state index is 13.5. The van der Waals surface area contributed by atoms with Crippen molar-refractivity contribution in [1.29, 1.82) is 0 Å². The van der Waals surface area contributed by atoms with Crippen molar-refractivity contribution < 1.29 is 26.9 Å². The topological polar surface area (TPSA) is 90.9 Å². The highest BCUT2D eigenvalue weighted by Crippen LogP contribution is 2.36. The fourth-order valence-electron chi connectivity index (χ4n) is 4.24. The van der Waals surface area contributed by atoms with Crippen LogP contribution in [0.4, 0.5) is 0 Å². The minimum Gasteiger partial charge on any atom is -0.374 e. The first-order valence-corrected chi connectivity index (χ1v) is 14.5. The van der Waals surface area contributed by atoms with Crippen molar-refractivity contribution in [2.24, 2.45) is 0 Å². The summed E-state index contributed by atoms with van der Waals surface area (Å²) in [6, 6.07) is 13.8. The minimum absolute atomic E-state index is 0.0225. The van der Waals surface area contributed by atoms with E-state index in [2.05, 4.69) is 19.2 Å². The van der Waals surface area contributed by atoms with Crippen molar-refractivity contribution in [3.63, 3.8) is 0 Å². The van der Waals surface area contributed by atoms with E-state index >= 15 is 0 Å². The zero-order valence-electron chi connectivity index (χ0n) is 22.8. The highest BCUT2D eigenvalue weighted by molar-refractivity contribution is 7.86. The molecule has 1 saturated heterocycles. The van der Waals surface area contributed by atoms with Gasteiger partial charge in [0, 0.05) is 6.42 Å². The molecule has 0 saturated carbocycles. The van der Waals surface area contributed by atoms with Crippen molar-refractivity contribution in [3.8, 4) is 0 Å². The molecule has 1 N–H and O–H groups in total. The summed E-state index contributed by atoms with van der Waals surface area (Å²) < 4.78 is 44.4. The Kier molecular flexibility index (Phi) is 10.3. The molecule has 0 unspecified atom stereocenters. The Morgan fingerprint density at radius 3 is 2.05 bits per heavy atom. The first kappa shape index (κ1) is 29.3. The second-order valence-electron chi connectivity index (χ2n) is 10.6. The SMILES string of the molecule is CC(C)c1cc(C(C)C)c(S(=O)(=O)OCC[C@@H](COCc2ccccc2)O[C@H]2CC(=O)N2)c(C(C)C)c1. The average Bonchev–Trinajstić information content (AvgIpc) is 2.82. The fraction of sp³-hybridized carbons (Fsp3) is 0.552. The number of β-lactam (4-membered cyclic amide) rings is 1. The third-order valence-electron chi connectivity index (χ3n) is 6.47. The molecule has 1 fully saturated rings. The molecule has 1 amide bonds. The summed E-state index contributed by atoms with van der Waals surface area (Å²) in [5, 5.41) is 2.69. The van der Waals surface area contributed by atoms with E-state index < -0.39 is 22.4 Å². The van der Waals surface area contributed by atoms with Crippen molar-refractivity contribution in [3.05, 3.63) is 64.7 Å². The van der Waals surface area contributed by atoms with Gasteiger partial charge in [0.15, 0.2) is 0 Å². The van der Waals surface area contributed by atoms with E-state index in [1.54, 1.807) is 0 Å². The lowest BCUT2D eigenvalue weighted by Gasteiger charge is -2.31. The lowest BCUT2D eigenvalue weighted by atomic mass is 9.89. The Bertz CT molecular complexity index is 1110. The Morgan fingerprint density at radius 1 is 0.946 bits per heavy atom. The molecule has 1 aliphatic rings. The number of hydrogen-bond acceptors (Lipinski definition) is 6. The largest absolute Gasteiger partial charge is 0.374 e. The Morgan fingerprint density at radius 2 is 1.54 bits per heavy atom. The van der Waals surface area contributed by atoms with E-state index in [0.29, 0.717) is 13.0 Å². The molecular weight excluding hydrogens is 490 g/mol. The van der Waals surface area contributed by atoms with E-state index in [0.717, 1.165) is 22.3 Å². The molecule has 0 radical (unpaired) electrons. The lowest BCUT2D eigenvalue weighted by Crippen LogP contribution is -2.52. The van der Waals surface area contributed by atoms with Crippen LogP contribution in [0.15, 0.2) is 47.4 Å². The smallest absolute Gasteiger partial charge is 0.297 e. The number of carbonyl (C=O) groups is 1. The van der Waals surface area contributed by atoms with Gasteiger partial charge in [-0.25, -0.2) is 0 Å². The number of benzene rings is 2. The highest BCUT2D eigenvalue weighted by atomic mass is 32.2. The maximum atomic E-state index is 13.5. The Hall–Kier alpha value is -2.26. The van der Waals surface area contributed by atoms with Gasteiger partial charge in [0.25, 0.3) is 10.1 Å². The third-order valence-corrected chi connectivity index (χ3v) is 7.92. The molecule has 7 nitrogen and oxygen atoms in total. The van der Waals surface area contributed by atoms with Gasteiger partial charge in [-0.3, -0.25) is 8.98 Å². The molecule has 0 aromatic heterocycles. The van der Waals surface area contributed by atoms with Crippen LogP contribution in [-0.4, -0.2) is 39.9 Å². The van der Waals surface area contributed by atoms with Crippen LogP contribution in [0.2, 0.25) is 0 Å². The number of hydrogen-bond donors (Lipinski definition) is 1. The molecule has 1 aliphatic heterocycles. The first-order valence-electron chi connectivity index (χ1n) is 13.1. The van der Waals surface area contributed by atoms with E-state index in [9.17, 15) is 13.2 Å². The minimum atomic E-state index is -4.01. The first-order chi connectivity index (χ1) is 17.5. The van der Waals surface area contributed by atoms with Gasteiger partial charge in [-0.1, -0.05) is 84.0 Å². The molecule has 0 bridgehead atoms. The number of rotatable bonds is 14. The predicted molar refractivity (Wildman–Crippen MR) is 144 cm³/mol. The van der Waals surface area contributed by atoms with Gasteiger partial charge < -0.3 is 14.8 Å². The third kappa shape index (κ3) is 8.11. The second kappa shape index (κ2) is 13.0.